The Morgan fingerprint density at radius 3 is 2.54 bits per heavy atom. The molecule has 0 aliphatic carbocycles. The molecular weight excluding hydrogens is 166 g/mol. The Morgan fingerprint density at radius 2 is 2.00 bits per heavy atom. The van der Waals surface area contributed by atoms with Crippen LogP contribution in [0.2, 0.25) is 0 Å². The number of carbonyl (C=O) groups excluding carboxylic acids is 1. The number of rotatable bonds is 3. The summed E-state index contributed by atoms with van der Waals surface area (Å²) in [6.45, 7) is 0. The van der Waals surface area contributed by atoms with Crippen LogP contribution in [0.4, 0.5) is 0 Å². The van der Waals surface area contributed by atoms with Crippen molar-refractivity contribution in [2.45, 2.75) is 6.42 Å². The Labute approximate surface area is 77.9 Å². The first kappa shape index (κ1) is 9.74. The van der Waals surface area contributed by atoms with Gasteiger partial charge in [-0.3, -0.25) is 9.63 Å². The van der Waals surface area contributed by atoms with Crippen LogP contribution in [0.5, 0.6) is 0 Å². The van der Waals surface area contributed by atoms with Crippen molar-refractivity contribution in [3.05, 3.63) is 35.9 Å². The highest BCUT2D eigenvalue weighted by molar-refractivity contribution is 5.77. The lowest BCUT2D eigenvalue weighted by molar-refractivity contribution is -0.167. The fourth-order valence-corrected chi connectivity index (χ4v) is 0.984. The molecule has 70 valence electrons. The van der Waals surface area contributed by atoms with E-state index in [0.717, 1.165) is 5.56 Å². The van der Waals surface area contributed by atoms with Crippen molar-refractivity contribution in [1.82, 2.24) is 5.06 Å². The second kappa shape index (κ2) is 4.62. The number of likely N-dealkylation sites (N-methyl/N-ethyl adjacent to an activating group) is 1. The standard InChI is InChI=1S/C10H13NO2/c1-11(13-2)10(12)8-9-6-4-3-5-7-9/h3-7H,8H2,1-2H3. The number of nitrogens with zero attached hydrogens (tertiary/aromatic N) is 1. The lowest BCUT2D eigenvalue weighted by Crippen LogP contribution is -2.26. The number of hydrogen-bond acceptors (Lipinski definition) is 2. The van der Waals surface area contributed by atoms with Crippen molar-refractivity contribution in [2.24, 2.45) is 0 Å². The van der Waals surface area contributed by atoms with Gasteiger partial charge < -0.3 is 0 Å². The van der Waals surface area contributed by atoms with Crippen LogP contribution in [0.3, 0.4) is 0 Å². The molecule has 0 heterocycles. The molecule has 0 N–H and O–H groups in total. The average Bonchev–Trinajstić information content (AvgIpc) is 2.18. The Bertz CT molecular complexity index is 272. The Kier molecular flexibility index (Phi) is 3.46. The number of hydrogen-bond donors (Lipinski definition) is 0. The molecule has 13 heavy (non-hydrogen) atoms. The Morgan fingerprint density at radius 1 is 1.38 bits per heavy atom. The van der Waals surface area contributed by atoms with Crippen LogP contribution < -0.4 is 0 Å². The predicted octanol–water partition coefficient (Wildman–Crippen LogP) is 1.25. The van der Waals surface area contributed by atoms with Gasteiger partial charge in [-0.15, -0.1) is 0 Å². The third-order valence-corrected chi connectivity index (χ3v) is 1.82. The van der Waals surface area contributed by atoms with E-state index >= 15 is 0 Å². The van der Waals surface area contributed by atoms with Crippen LogP contribution in [0.25, 0.3) is 0 Å². The van der Waals surface area contributed by atoms with Gasteiger partial charge in [0.25, 0.3) is 0 Å². The predicted molar refractivity (Wildman–Crippen MR) is 49.9 cm³/mol. The molecule has 1 amide bonds. The number of benzene rings is 1. The number of hydroxylamine groups is 2. The first-order valence-electron chi connectivity index (χ1n) is 4.08. The smallest absolute Gasteiger partial charge is 0.250 e. The van der Waals surface area contributed by atoms with Crippen molar-refractivity contribution in [1.29, 1.82) is 0 Å². The second-order valence-electron chi connectivity index (χ2n) is 2.74. The van der Waals surface area contributed by atoms with Gasteiger partial charge in [0.05, 0.1) is 13.5 Å². The van der Waals surface area contributed by atoms with Gasteiger partial charge in [-0.25, -0.2) is 5.06 Å². The van der Waals surface area contributed by atoms with Gasteiger partial charge in [0.2, 0.25) is 5.91 Å². The molecule has 0 bridgehead atoms. The maximum Gasteiger partial charge on any atom is 0.250 e. The summed E-state index contributed by atoms with van der Waals surface area (Å²) in [4.78, 5) is 16.1. The molecule has 0 fully saturated rings. The Balaban J connectivity index is 2.55. The third kappa shape index (κ3) is 2.87. The Hall–Kier alpha value is -1.35. The lowest BCUT2D eigenvalue weighted by Gasteiger charge is -2.13. The summed E-state index contributed by atoms with van der Waals surface area (Å²) in [5.74, 6) is -0.0475. The van der Waals surface area contributed by atoms with Gasteiger partial charge >= 0.3 is 0 Å². The van der Waals surface area contributed by atoms with E-state index in [-0.39, 0.29) is 5.91 Å². The zero-order chi connectivity index (χ0) is 9.68. The van der Waals surface area contributed by atoms with Crippen LogP contribution >= 0.6 is 0 Å². The van der Waals surface area contributed by atoms with E-state index in [2.05, 4.69) is 0 Å². The first-order valence-corrected chi connectivity index (χ1v) is 4.08. The highest BCUT2D eigenvalue weighted by Gasteiger charge is 2.07. The van der Waals surface area contributed by atoms with E-state index in [1.54, 1.807) is 7.05 Å². The molecule has 0 aliphatic rings. The molecule has 3 nitrogen and oxygen atoms in total. The zero-order valence-corrected chi connectivity index (χ0v) is 7.86. The molecule has 0 saturated heterocycles. The topological polar surface area (TPSA) is 29.5 Å². The minimum Gasteiger partial charge on any atom is -0.275 e. The summed E-state index contributed by atoms with van der Waals surface area (Å²) < 4.78 is 0. The summed E-state index contributed by atoms with van der Waals surface area (Å²) in [5.41, 5.74) is 0.997. The van der Waals surface area contributed by atoms with E-state index in [4.69, 9.17) is 4.84 Å². The second-order valence-corrected chi connectivity index (χ2v) is 2.74. The molecule has 3 heteroatoms. The van der Waals surface area contributed by atoms with Gasteiger partial charge in [0.1, 0.15) is 0 Å². The van der Waals surface area contributed by atoms with Crippen LogP contribution in [-0.2, 0) is 16.1 Å². The first-order chi connectivity index (χ1) is 6.24. The van der Waals surface area contributed by atoms with Crippen molar-refractivity contribution < 1.29 is 9.63 Å². The molecule has 1 aromatic rings. The highest BCUT2D eigenvalue weighted by atomic mass is 16.7. The molecule has 0 radical (unpaired) electrons. The van der Waals surface area contributed by atoms with Gasteiger partial charge in [0, 0.05) is 7.05 Å². The maximum absolute atomic E-state index is 11.3. The summed E-state index contributed by atoms with van der Waals surface area (Å²) in [7, 11) is 3.08. The van der Waals surface area contributed by atoms with Crippen molar-refractivity contribution >= 4 is 5.91 Å². The van der Waals surface area contributed by atoms with Gasteiger partial charge in [-0.1, -0.05) is 30.3 Å². The van der Waals surface area contributed by atoms with Crippen molar-refractivity contribution in [3.63, 3.8) is 0 Å². The van der Waals surface area contributed by atoms with E-state index in [9.17, 15) is 4.79 Å². The third-order valence-electron chi connectivity index (χ3n) is 1.82. The van der Waals surface area contributed by atoms with Crippen molar-refractivity contribution in [3.8, 4) is 0 Å². The van der Waals surface area contributed by atoms with E-state index in [1.807, 2.05) is 30.3 Å². The summed E-state index contributed by atoms with van der Waals surface area (Å²) in [5, 5.41) is 1.23. The largest absolute Gasteiger partial charge is 0.275 e. The highest BCUT2D eigenvalue weighted by Crippen LogP contribution is 2.01. The van der Waals surface area contributed by atoms with E-state index < -0.39 is 0 Å². The molecule has 1 aromatic carbocycles. The summed E-state index contributed by atoms with van der Waals surface area (Å²) in [6.07, 6.45) is 0.380. The molecule has 0 aromatic heterocycles. The minimum absolute atomic E-state index is 0.0475. The zero-order valence-electron chi connectivity index (χ0n) is 7.86. The number of amides is 1. The SMILES string of the molecule is CON(C)C(=O)Cc1ccccc1. The minimum atomic E-state index is -0.0475. The quantitative estimate of drug-likeness (QED) is 0.653. The molecule has 0 unspecified atom stereocenters. The molecule has 0 spiro atoms. The van der Waals surface area contributed by atoms with Crippen molar-refractivity contribution in [2.75, 3.05) is 14.2 Å². The van der Waals surface area contributed by atoms with Crippen LogP contribution in [0, 0.1) is 0 Å². The molecule has 0 saturated carbocycles. The molecule has 0 atom stereocenters. The van der Waals surface area contributed by atoms with Gasteiger partial charge in [0.15, 0.2) is 0 Å². The summed E-state index contributed by atoms with van der Waals surface area (Å²) >= 11 is 0. The monoisotopic (exact) mass is 179 g/mol. The maximum atomic E-state index is 11.3. The van der Waals surface area contributed by atoms with Crippen LogP contribution in [0.15, 0.2) is 30.3 Å². The molecule has 1 rings (SSSR count). The number of carbonyl (C=O) groups is 1. The molecule has 0 aliphatic heterocycles. The molecular formula is C10H13NO2. The fourth-order valence-electron chi connectivity index (χ4n) is 0.984. The fraction of sp³-hybridized carbons (Fsp3) is 0.300. The van der Waals surface area contributed by atoms with Crippen LogP contribution in [0.1, 0.15) is 5.56 Å². The van der Waals surface area contributed by atoms with E-state index in [1.165, 1.54) is 12.2 Å². The van der Waals surface area contributed by atoms with Gasteiger partial charge in [-0.05, 0) is 5.56 Å². The average molecular weight is 179 g/mol. The summed E-state index contributed by atoms with van der Waals surface area (Å²) in [6, 6.07) is 9.58. The van der Waals surface area contributed by atoms with E-state index in [0.29, 0.717) is 6.42 Å². The lowest BCUT2D eigenvalue weighted by atomic mass is 10.1. The van der Waals surface area contributed by atoms with Gasteiger partial charge in [-0.2, -0.15) is 0 Å². The normalized spacial score (nSPS) is 9.69. The van der Waals surface area contributed by atoms with Crippen LogP contribution in [-0.4, -0.2) is 25.1 Å².